The van der Waals surface area contributed by atoms with Crippen LogP contribution in [0, 0.1) is 5.82 Å². The third-order valence-corrected chi connectivity index (χ3v) is 6.41. The maximum Gasteiger partial charge on any atom is 0.345 e. The van der Waals surface area contributed by atoms with Gasteiger partial charge in [-0.3, -0.25) is 4.79 Å². The second-order valence-electron chi connectivity index (χ2n) is 6.97. The molecule has 0 aliphatic carbocycles. The van der Waals surface area contributed by atoms with Gasteiger partial charge in [0.1, 0.15) is 11.4 Å². The molecule has 1 amide bonds. The van der Waals surface area contributed by atoms with Crippen LogP contribution in [0.5, 0.6) is 0 Å². The molecule has 0 unspecified atom stereocenters. The van der Waals surface area contributed by atoms with Crippen molar-refractivity contribution in [2.75, 3.05) is 31.1 Å². The summed E-state index contributed by atoms with van der Waals surface area (Å²) in [4.78, 5) is 29.6. The third kappa shape index (κ3) is 3.07. The molecule has 0 radical (unpaired) electrons. The minimum absolute atomic E-state index is 0.108. The van der Waals surface area contributed by atoms with Gasteiger partial charge in [0.25, 0.3) is 5.91 Å². The molecule has 7 heteroatoms. The lowest BCUT2D eigenvalue weighted by Gasteiger charge is -2.36. The Morgan fingerprint density at radius 3 is 2.48 bits per heavy atom. The van der Waals surface area contributed by atoms with Crippen LogP contribution >= 0.6 is 11.3 Å². The number of para-hydroxylation sites is 2. The van der Waals surface area contributed by atoms with Crippen molar-refractivity contribution in [2.45, 2.75) is 0 Å². The summed E-state index contributed by atoms with van der Waals surface area (Å²) < 4.78 is 20.2. The zero-order valence-corrected chi connectivity index (χ0v) is 16.2. The summed E-state index contributed by atoms with van der Waals surface area (Å²) in [7, 11) is 0. The molecule has 0 atom stereocenters. The van der Waals surface area contributed by atoms with E-state index in [9.17, 15) is 14.0 Å². The normalized spacial score (nSPS) is 14.7. The number of carbonyl (C=O) groups is 1. The van der Waals surface area contributed by atoms with Gasteiger partial charge in [-0.1, -0.05) is 24.3 Å². The summed E-state index contributed by atoms with van der Waals surface area (Å²) in [6.45, 7) is 2.11. The van der Waals surface area contributed by atoms with Crippen LogP contribution in [0.15, 0.2) is 63.8 Å². The molecule has 2 aromatic carbocycles. The molecule has 0 bridgehead atoms. The molecule has 3 heterocycles. The zero-order valence-electron chi connectivity index (χ0n) is 15.4. The van der Waals surface area contributed by atoms with Crippen LogP contribution in [0.3, 0.4) is 0 Å². The minimum Gasteiger partial charge on any atom is -0.422 e. The first-order valence-corrected chi connectivity index (χ1v) is 10.2. The van der Waals surface area contributed by atoms with Crippen molar-refractivity contribution in [3.63, 3.8) is 0 Å². The van der Waals surface area contributed by atoms with Crippen molar-refractivity contribution in [1.82, 2.24) is 4.90 Å². The van der Waals surface area contributed by atoms with Crippen LogP contribution in [0.4, 0.5) is 10.1 Å². The first-order valence-electron chi connectivity index (χ1n) is 9.36. The van der Waals surface area contributed by atoms with E-state index < -0.39 is 5.63 Å². The van der Waals surface area contributed by atoms with Crippen molar-refractivity contribution in [3.05, 3.63) is 75.7 Å². The van der Waals surface area contributed by atoms with Gasteiger partial charge in [0.05, 0.1) is 20.7 Å². The molecular weight excluding hydrogens is 391 g/mol. The molecule has 0 saturated carbocycles. The van der Waals surface area contributed by atoms with E-state index in [1.165, 1.54) is 17.4 Å². The molecule has 1 aliphatic rings. The number of fused-ring (bicyclic) bond motifs is 3. The number of carbonyl (C=O) groups excluding carboxylic acids is 1. The number of amides is 1. The van der Waals surface area contributed by atoms with E-state index in [2.05, 4.69) is 0 Å². The van der Waals surface area contributed by atoms with E-state index in [1.54, 1.807) is 29.2 Å². The standard InChI is InChI=1S/C22H17FN2O3S/c23-16-6-2-3-7-17(16)24-9-11-25(12-10-24)21(26)19-13-15-20(29-19)14-5-1-4-8-18(14)28-22(15)27/h1-8,13H,9-12H2. The summed E-state index contributed by atoms with van der Waals surface area (Å²) in [6, 6.07) is 15.6. The Bertz CT molecular complexity index is 1290. The van der Waals surface area contributed by atoms with E-state index in [4.69, 9.17) is 4.42 Å². The van der Waals surface area contributed by atoms with Gasteiger partial charge in [-0.2, -0.15) is 0 Å². The average Bonchev–Trinajstić information content (AvgIpc) is 3.20. The first kappa shape index (κ1) is 17.9. The highest BCUT2D eigenvalue weighted by molar-refractivity contribution is 7.21. The van der Waals surface area contributed by atoms with Gasteiger partial charge in [0.2, 0.25) is 0 Å². The SMILES string of the molecule is O=C(c1cc2c(=O)oc3ccccc3c2s1)N1CCN(c2ccccc2F)CC1. The van der Waals surface area contributed by atoms with E-state index in [-0.39, 0.29) is 11.7 Å². The van der Waals surface area contributed by atoms with Gasteiger partial charge in [-0.15, -0.1) is 11.3 Å². The molecule has 0 N–H and O–H groups in total. The molecule has 5 rings (SSSR count). The quantitative estimate of drug-likeness (QED) is 0.469. The second kappa shape index (κ2) is 7.00. The fourth-order valence-electron chi connectivity index (χ4n) is 3.76. The molecule has 2 aromatic heterocycles. The lowest BCUT2D eigenvalue weighted by molar-refractivity contribution is 0.0751. The number of thiophene rings is 1. The van der Waals surface area contributed by atoms with E-state index in [0.29, 0.717) is 47.7 Å². The maximum absolute atomic E-state index is 14.0. The van der Waals surface area contributed by atoms with Crippen LogP contribution in [-0.2, 0) is 0 Å². The highest BCUT2D eigenvalue weighted by atomic mass is 32.1. The number of hydrogen-bond acceptors (Lipinski definition) is 5. The topological polar surface area (TPSA) is 53.8 Å². The third-order valence-electron chi connectivity index (χ3n) is 5.26. The smallest absolute Gasteiger partial charge is 0.345 e. The summed E-state index contributed by atoms with van der Waals surface area (Å²) in [5.74, 6) is -0.363. The number of piperazine rings is 1. The predicted octanol–water partition coefficient (Wildman–Crippen LogP) is 4.11. The van der Waals surface area contributed by atoms with Crippen LogP contribution in [0.1, 0.15) is 9.67 Å². The Balaban J connectivity index is 1.41. The van der Waals surface area contributed by atoms with Crippen LogP contribution in [-0.4, -0.2) is 37.0 Å². The molecule has 4 aromatic rings. The molecule has 29 heavy (non-hydrogen) atoms. The number of anilines is 1. The van der Waals surface area contributed by atoms with E-state index in [1.807, 2.05) is 29.2 Å². The summed E-state index contributed by atoms with van der Waals surface area (Å²) in [5, 5.41) is 1.26. The summed E-state index contributed by atoms with van der Waals surface area (Å²) >= 11 is 1.32. The highest BCUT2D eigenvalue weighted by Gasteiger charge is 2.25. The van der Waals surface area contributed by atoms with Crippen molar-refractivity contribution in [3.8, 4) is 0 Å². The highest BCUT2D eigenvalue weighted by Crippen LogP contribution is 2.31. The second-order valence-corrected chi connectivity index (χ2v) is 8.02. The Morgan fingerprint density at radius 2 is 1.69 bits per heavy atom. The molecule has 1 aliphatic heterocycles. The Hall–Kier alpha value is -3.19. The van der Waals surface area contributed by atoms with Crippen LogP contribution in [0.2, 0.25) is 0 Å². The fraction of sp³-hybridized carbons (Fsp3) is 0.182. The predicted molar refractivity (Wildman–Crippen MR) is 112 cm³/mol. The average molecular weight is 408 g/mol. The monoisotopic (exact) mass is 408 g/mol. The zero-order chi connectivity index (χ0) is 20.0. The van der Waals surface area contributed by atoms with Crippen LogP contribution < -0.4 is 10.5 Å². The Morgan fingerprint density at radius 1 is 0.966 bits per heavy atom. The molecule has 0 spiro atoms. The molecule has 5 nitrogen and oxygen atoms in total. The minimum atomic E-state index is -0.432. The molecule has 1 fully saturated rings. The van der Waals surface area contributed by atoms with Gasteiger partial charge in [0.15, 0.2) is 0 Å². The molecular formula is C22H17FN2O3S. The Kier molecular flexibility index (Phi) is 4.32. The fourth-order valence-corrected chi connectivity index (χ4v) is 4.90. The van der Waals surface area contributed by atoms with Gasteiger partial charge in [0, 0.05) is 31.6 Å². The van der Waals surface area contributed by atoms with Gasteiger partial charge in [-0.05, 0) is 30.3 Å². The molecule has 146 valence electrons. The lowest BCUT2D eigenvalue weighted by atomic mass is 10.2. The number of halogens is 1. The number of benzene rings is 2. The van der Waals surface area contributed by atoms with Gasteiger partial charge >= 0.3 is 5.63 Å². The van der Waals surface area contributed by atoms with Gasteiger partial charge < -0.3 is 14.2 Å². The summed E-state index contributed by atoms with van der Waals surface area (Å²) in [6.07, 6.45) is 0. The van der Waals surface area contributed by atoms with Crippen molar-refractivity contribution in [2.24, 2.45) is 0 Å². The lowest BCUT2D eigenvalue weighted by Crippen LogP contribution is -2.48. The van der Waals surface area contributed by atoms with Crippen molar-refractivity contribution < 1.29 is 13.6 Å². The Labute approximate surface area is 169 Å². The van der Waals surface area contributed by atoms with Crippen molar-refractivity contribution in [1.29, 1.82) is 0 Å². The van der Waals surface area contributed by atoms with Crippen molar-refractivity contribution >= 4 is 44.0 Å². The van der Waals surface area contributed by atoms with Gasteiger partial charge in [-0.25, -0.2) is 9.18 Å². The van der Waals surface area contributed by atoms with E-state index >= 15 is 0 Å². The molecule has 1 saturated heterocycles. The summed E-state index contributed by atoms with van der Waals surface area (Å²) in [5.41, 5.74) is 0.647. The number of hydrogen-bond donors (Lipinski definition) is 0. The number of nitrogens with zero attached hydrogens (tertiary/aromatic N) is 2. The van der Waals surface area contributed by atoms with E-state index in [0.717, 1.165) is 10.1 Å². The number of rotatable bonds is 2. The first-order chi connectivity index (χ1) is 14.1. The largest absolute Gasteiger partial charge is 0.422 e. The maximum atomic E-state index is 14.0. The van der Waals surface area contributed by atoms with Crippen LogP contribution in [0.25, 0.3) is 21.1 Å².